The Labute approximate surface area is 158 Å². The highest BCUT2D eigenvalue weighted by molar-refractivity contribution is 5.68. The Kier molecular flexibility index (Phi) is 10.2. The Morgan fingerprint density at radius 1 is 1.23 bits per heavy atom. The first-order chi connectivity index (χ1) is 12.2. The fraction of sp³-hybridized carbons (Fsp3) is 0.850. The fourth-order valence-corrected chi connectivity index (χ4v) is 3.15. The van der Waals surface area contributed by atoms with Crippen LogP contribution in [0.4, 0.5) is 4.79 Å². The van der Waals surface area contributed by atoms with E-state index in [1.165, 1.54) is 32.1 Å². The Balaban J connectivity index is 2.68. The number of nitrogens with one attached hydrogen (secondary N) is 1. The summed E-state index contributed by atoms with van der Waals surface area (Å²) in [5.74, 6) is 0.577. The summed E-state index contributed by atoms with van der Waals surface area (Å²) >= 11 is 0. The molecule has 0 spiro atoms. The van der Waals surface area contributed by atoms with Crippen LogP contribution in [-0.2, 0) is 18.9 Å². The first-order valence-electron chi connectivity index (χ1n) is 9.63. The molecule has 0 aromatic carbocycles. The monoisotopic (exact) mass is 371 g/mol. The van der Waals surface area contributed by atoms with Crippen LogP contribution in [0, 0.1) is 5.92 Å². The van der Waals surface area contributed by atoms with Crippen LogP contribution < -0.4 is 5.32 Å². The molecule has 1 unspecified atom stereocenters. The van der Waals surface area contributed by atoms with Gasteiger partial charge in [0.25, 0.3) is 0 Å². The molecule has 0 aromatic rings. The molecule has 1 aliphatic carbocycles. The number of alkyl carbamates (subject to hydrolysis) is 1. The highest BCUT2D eigenvalue weighted by Crippen LogP contribution is 2.28. The standard InChI is InChI=1S/C20H37NO5/c1-7-18(25-14-24-15(2)23-6)17(13-16-11-9-8-10-12-16)21-19(22)26-20(3,4)5/h7,15-18H,1,8-14H2,2-6H3,(H,21,22)/t15?,17-,18-/m0/s1. The molecule has 152 valence electrons. The minimum Gasteiger partial charge on any atom is -0.444 e. The summed E-state index contributed by atoms with van der Waals surface area (Å²) in [5.41, 5.74) is -0.541. The number of methoxy groups -OCH3 is 1. The highest BCUT2D eigenvalue weighted by Gasteiger charge is 2.28. The van der Waals surface area contributed by atoms with Crippen molar-refractivity contribution in [1.29, 1.82) is 0 Å². The summed E-state index contributed by atoms with van der Waals surface area (Å²) < 4.78 is 21.7. The molecule has 6 heteroatoms. The molecule has 1 N–H and O–H groups in total. The predicted molar refractivity (Wildman–Crippen MR) is 102 cm³/mol. The summed E-state index contributed by atoms with van der Waals surface area (Å²) in [6, 6.07) is -0.202. The molecule has 3 atom stereocenters. The number of amides is 1. The van der Waals surface area contributed by atoms with Crippen molar-refractivity contribution >= 4 is 6.09 Å². The van der Waals surface area contributed by atoms with Crippen molar-refractivity contribution in [2.75, 3.05) is 13.9 Å². The van der Waals surface area contributed by atoms with Gasteiger partial charge in [0.1, 0.15) is 5.60 Å². The number of hydrogen-bond donors (Lipinski definition) is 1. The van der Waals surface area contributed by atoms with Gasteiger partial charge in [-0.05, 0) is 40.0 Å². The second-order valence-corrected chi connectivity index (χ2v) is 7.95. The van der Waals surface area contributed by atoms with Crippen molar-refractivity contribution < 1.29 is 23.7 Å². The molecule has 0 radical (unpaired) electrons. The predicted octanol–water partition coefficient (Wildman–Crippen LogP) is 4.39. The lowest BCUT2D eigenvalue weighted by Crippen LogP contribution is -2.47. The smallest absolute Gasteiger partial charge is 0.407 e. The molecule has 0 heterocycles. The number of hydrogen-bond acceptors (Lipinski definition) is 5. The zero-order chi connectivity index (χ0) is 19.6. The summed E-state index contributed by atoms with van der Waals surface area (Å²) in [6.45, 7) is 11.3. The van der Waals surface area contributed by atoms with Gasteiger partial charge in [0.2, 0.25) is 0 Å². The van der Waals surface area contributed by atoms with Crippen LogP contribution in [0.5, 0.6) is 0 Å². The average Bonchev–Trinajstić information content (AvgIpc) is 2.57. The van der Waals surface area contributed by atoms with Gasteiger partial charge >= 0.3 is 6.09 Å². The minimum atomic E-state index is -0.541. The van der Waals surface area contributed by atoms with Gasteiger partial charge < -0.3 is 24.3 Å². The van der Waals surface area contributed by atoms with Crippen LogP contribution in [0.15, 0.2) is 12.7 Å². The molecule has 0 aromatic heterocycles. The van der Waals surface area contributed by atoms with Crippen LogP contribution in [0.1, 0.15) is 66.2 Å². The fourth-order valence-electron chi connectivity index (χ4n) is 3.15. The molecule has 1 rings (SSSR count). The van der Waals surface area contributed by atoms with Crippen LogP contribution in [0.2, 0.25) is 0 Å². The lowest BCUT2D eigenvalue weighted by atomic mass is 9.83. The molecule has 0 saturated heterocycles. The van der Waals surface area contributed by atoms with E-state index in [2.05, 4.69) is 11.9 Å². The van der Waals surface area contributed by atoms with E-state index in [9.17, 15) is 4.79 Å². The Morgan fingerprint density at radius 2 is 1.88 bits per heavy atom. The van der Waals surface area contributed by atoms with E-state index in [0.29, 0.717) is 5.92 Å². The topological polar surface area (TPSA) is 66.0 Å². The van der Waals surface area contributed by atoms with E-state index < -0.39 is 11.7 Å². The largest absolute Gasteiger partial charge is 0.444 e. The molecular formula is C20H37NO5. The maximum absolute atomic E-state index is 12.3. The normalized spacial score (nSPS) is 19.4. The number of ether oxygens (including phenoxy) is 4. The maximum atomic E-state index is 12.3. The van der Waals surface area contributed by atoms with Crippen molar-refractivity contribution in [1.82, 2.24) is 5.32 Å². The Morgan fingerprint density at radius 3 is 2.42 bits per heavy atom. The molecular weight excluding hydrogens is 334 g/mol. The first kappa shape index (κ1) is 22.9. The quantitative estimate of drug-likeness (QED) is 0.456. The SMILES string of the molecule is C=C[C@H](OCOC(C)OC)[C@H](CC1CCCCC1)NC(=O)OC(C)(C)C. The molecule has 26 heavy (non-hydrogen) atoms. The number of rotatable bonds is 10. The van der Waals surface area contributed by atoms with E-state index >= 15 is 0 Å². The molecule has 1 fully saturated rings. The van der Waals surface area contributed by atoms with E-state index in [1.807, 2.05) is 20.8 Å². The van der Waals surface area contributed by atoms with Gasteiger partial charge in [-0.1, -0.05) is 38.2 Å². The van der Waals surface area contributed by atoms with E-state index in [4.69, 9.17) is 18.9 Å². The van der Waals surface area contributed by atoms with Crippen LogP contribution >= 0.6 is 0 Å². The maximum Gasteiger partial charge on any atom is 0.407 e. The van der Waals surface area contributed by atoms with Gasteiger partial charge in [-0.15, -0.1) is 6.58 Å². The lowest BCUT2D eigenvalue weighted by molar-refractivity contribution is -0.185. The van der Waals surface area contributed by atoms with Gasteiger partial charge in [-0.25, -0.2) is 4.79 Å². The molecule has 1 saturated carbocycles. The third-order valence-electron chi connectivity index (χ3n) is 4.54. The number of carbonyl (C=O) groups excluding carboxylic acids is 1. The zero-order valence-electron chi connectivity index (χ0n) is 17.1. The zero-order valence-corrected chi connectivity index (χ0v) is 17.1. The number of carbonyl (C=O) groups is 1. The molecule has 0 bridgehead atoms. The van der Waals surface area contributed by atoms with Crippen molar-refractivity contribution in [3.63, 3.8) is 0 Å². The van der Waals surface area contributed by atoms with Gasteiger partial charge in [-0.2, -0.15) is 0 Å². The Hall–Kier alpha value is -1.11. The molecule has 0 aliphatic heterocycles. The highest BCUT2D eigenvalue weighted by atomic mass is 16.7. The molecule has 1 amide bonds. The van der Waals surface area contributed by atoms with Crippen LogP contribution in [0.3, 0.4) is 0 Å². The van der Waals surface area contributed by atoms with Crippen LogP contribution in [-0.4, -0.2) is 44.0 Å². The third kappa shape index (κ3) is 9.55. The van der Waals surface area contributed by atoms with Gasteiger partial charge in [0, 0.05) is 7.11 Å². The summed E-state index contributed by atoms with van der Waals surface area (Å²) in [6.07, 6.45) is 7.59. The summed E-state index contributed by atoms with van der Waals surface area (Å²) in [5, 5.41) is 2.98. The third-order valence-corrected chi connectivity index (χ3v) is 4.54. The Bertz CT molecular complexity index is 415. The van der Waals surface area contributed by atoms with Gasteiger partial charge in [-0.3, -0.25) is 0 Å². The van der Waals surface area contributed by atoms with Gasteiger partial charge in [0.05, 0.1) is 12.1 Å². The van der Waals surface area contributed by atoms with Crippen molar-refractivity contribution in [3.05, 3.63) is 12.7 Å². The van der Waals surface area contributed by atoms with E-state index in [-0.39, 0.29) is 25.2 Å². The second kappa shape index (κ2) is 11.6. The molecule has 6 nitrogen and oxygen atoms in total. The summed E-state index contributed by atoms with van der Waals surface area (Å²) in [4.78, 5) is 12.3. The minimum absolute atomic E-state index is 0.0723. The van der Waals surface area contributed by atoms with Crippen molar-refractivity contribution in [3.8, 4) is 0 Å². The lowest BCUT2D eigenvalue weighted by Gasteiger charge is -2.32. The summed E-state index contributed by atoms with van der Waals surface area (Å²) in [7, 11) is 1.57. The van der Waals surface area contributed by atoms with Crippen LogP contribution in [0.25, 0.3) is 0 Å². The van der Waals surface area contributed by atoms with Crippen molar-refractivity contribution in [2.45, 2.75) is 90.3 Å². The second-order valence-electron chi connectivity index (χ2n) is 7.95. The van der Waals surface area contributed by atoms with Crippen molar-refractivity contribution in [2.24, 2.45) is 5.92 Å². The van der Waals surface area contributed by atoms with Gasteiger partial charge in [0.15, 0.2) is 13.1 Å². The van der Waals surface area contributed by atoms with E-state index in [0.717, 1.165) is 6.42 Å². The molecule has 1 aliphatic rings. The van der Waals surface area contributed by atoms with E-state index in [1.54, 1.807) is 20.1 Å². The average molecular weight is 372 g/mol. The first-order valence-corrected chi connectivity index (χ1v) is 9.63.